The number of nitrogens with zero attached hydrogens (tertiary/aromatic N) is 2. The molecule has 1 heterocycles. The summed E-state index contributed by atoms with van der Waals surface area (Å²) < 4.78 is 7.71. The second kappa shape index (κ2) is 6.73. The van der Waals surface area contributed by atoms with E-state index in [1.165, 1.54) is 0 Å². The molecule has 0 spiro atoms. The van der Waals surface area contributed by atoms with Crippen LogP contribution in [0.25, 0.3) is 0 Å². The number of hydrogen-bond acceptors (Lipinski definition) is 3. The fourth-order valence-corrected chi connectivity index (χ4v) is 2.24. The van der Waals surface area contributed by atoms with Gasteiger partial charge in [0.1, 0.15) is 0 Å². The first-order chi connectivity index (χ1) is 8.78. The Balaban J connectivity index is 2.73. The van der Waals surface area contributed by atoms with Gasteiger partial charge >= 0.3 is 0 Å². The van der Waals surface area contributed by atoms with Gasteiger partial charge in [-0.05, 0) is 34.2 Å². The molecule has 0 saturated carbocycles. The van der Waals surface area contributed by atoms with Gasteiger partial charge in [-0.1, -0.05) is 18.5 Å². The highest BCUT2D eigenvalue weighted by atomic mass is 35.5. The fourth-order valence-electron chi connectivity index (χ4n) is 1.87. The van der Waals surface area contributed by atoms with Gasteiger partial charge in [-0.15, -0.1) is 0 Å². The Kier molecular flexibility index (Phi) is 5.83. The van der Waals surface area contributed by atoms with E-state index in [1.807, 2.05) is 18.8 Å². The Labute approximate surface area is 121 Å². The van der Waals surface area contributed by atoms with Gasteiger partial charge in [0.05, 0.1) is 28.6 Å². The monoisotopic (exact) mass is 287 g/mol. The van der Waals surface area contributed by atoms with Crippen LogP contribution in [0.4, 0.5) is 0 Å². The number of ether oxygens (including phenoxy) is 1. The summed E-state index contributed by atoms with van der Waals surface area (Å²) in [6.07, 6.45) is 1.67. The van der Waals surface area contributed by atoms with Crippen LogP contribution < -0.4 is 5.32 Å². The summed E-state index contributed by atoms with van der Waals surface area (Å²) in [6.45, 7) is 8.91. The van der Waals surface area contributed by atoms with Gasteiger partial charge in [0, 0.05) is 19.5 Å². The molecule has 0 aromatic carbocycles. The van der Waals surface area contributed by atoms with Crippen LogP contribution in [0, 0.1) is 0 Å². The maximum Gasteiger partial charge on any atom is 0.0850 e. The third-order valence-corrected chi connectivity index (χ3v) is 3.50. The lowest BCUT2D eigenvalue weighted by Gasteiger charge is -2.24. The zero-order valence-electron chi connectivity index (χ0n) is 12.9. The van der Waals surface area contributed by atoms with Crippen LogP contribution in [0.2, 0.25) is 5.02 Å². The lowest BCUT2D eigenvalue weighted by molar-refractivity contribution is -0.0136. The molecular formula is C14H26ClN3O. The van der Waals surface area contributed by atoms with Crippen LogP contribution in [0.15, 0.2) is 0 Å². The van der Waals surface area contributed by atoms with Crippen molar-refractivity contribution in [2.75, 3.05) is 13.7 Å². The maximum absolute atomic E-state index is 6.37. The smallest absolute Gasteiger partial charge is 0.0850 e. The molecule has 0 fully saturated rings. The number of nitrogens with one attached hydrogen (secondary N) is 1. The molecule has 19 heavy (non-hydrogen) atoms. The summed E-state index contributed by atoms with van der Waals surface area (Å²) in [5, 5.41) is 8.51. The normalized spacial score (nSPS) is 13.8. The molecule has 0 aliphatic carbocycles. The van der Waals surface area contributed by atoms with Crippen LogP contribution in [0.1, 0.15) is 39.1 Å². The quantitative estimate of drug-likeness (QED) is 0.874. The van der Waals surface area contributed by atoms with E-state index in [0.717, 1.165) is 29.3 Å². The topological polar surface area (TPSA) is 39.1 Å². The SMILES string of the molecule is CCc1nn(C)c(CC(COC(C)(C)C)NC)c1Cl. The molecule has 1 unspecified atom stereocenters. The number of aromatic nitrogens is 2. The summed E-state index contributed by atoms with van der Waals surface area (Å²) in [5.74, 6) is 0. The average molecular weight is 288 g/mol. The number of rotatable bonds is 6. The molecular weight excluding hydrogens is 262 g/mol. The molecule has 1 rings (SSSR count). The van der Waals surface area contributed by atoms with Gasteiger partial charge in [-0.2, -0.15) is 5.10 Å². The molecule has 0 radical (unpaired) electrons. The highest BCUT2D eigenvalue weighted by Gasteiger charge is 2.19. The summed E-state index contributed by atoms with van der Waals surface area (Å²) in [7, 11) is 3.89. The molecule has 1 aromatic heterocycles. The molecule has 1 N–H and O–H groups in total. The molecule has 0 aliphatic rings. The first-order valence-electron chi connectivity index (χ1n) is 6.80. The molecule has 1 atom stereocenters. The van der Waals surface area contributed by atoms with Crippen molar-refractivity contribution in [3.8, 4) is 0 Å². The van der Waals surface area contributed by atoms with Crippen molar-refractivity contribution in [1.82, 2.24) is 15.1 Å². The summed E-state index contributed by atoms with van der Waals surface area (Å²) >= 11 is 6.37. The fraction of sp³-hybridized carbons (Fsp3) is 0.786. The van der Waals surface area contributed by atoms with Crippen molar-refractivity contribution >= 4 is 11.6 Å². The van der Waals surface area contributed by atoms with Crippen LogP contribution in [0.3, 0.4) is 0 Å². The van der Waals surface area contributed by atoms with Crippen molar-refractivity contribution < 1.29 is 4.74 Å². The minimum atomic E-state index is -0.125. The van der Waals surface area contributed by atoms with Crippen molar-refractivity contribution in [2.24, 2.45) is 7.05 Å². The Morgan fingerprint density at radius 2 is 2.05 bits per heavy atom. The van der Waals surface area contributed by atoms with Crippen molar-refractivity contribution in [1.29, 1.82) is 0 Å². The molecule has 4 nitrogen and oxygen atoms in total. The van der Waals surface area contributed by atoms with Gasteiger partial charge in [0.15, 0.2) is 0 Å². The lowest BCUT2D eigenvalue weighted by atomic mass is 10.1. The van der Waals surface area contributed by atoms with E-state index in [4.69, 9.17) is 16.3 Å². The first kappa shape index (κ1) is 16.5. The molecule has 0 aliphatic heterocycles. The van der Waals surface area contributed by atoms with E-state index in [0.29, 0.717) is 6.61 Å². The predicted octanol–water partition coefficient (Wildman–Crippen LogP) is 2.58. The summed E-state index contributed by atoms with van der Waals surface area (Å²) in [4.78, 5) is 0. The van der Waals surface area contributed by atoms with Crippen molar-refractivity contribution in [3.05, 3.63) is 16.4 Å². The van der Waals surface area contributed by atoms with E-state index in [1.54, 1.807) is 0 Å². The standard InChI is InChI=1S/C14H26ClN3O/c1-7-11-13(15)12(18(6)17-11)8-10(16-5)9-19-14(2,3)4/h10,16H,7-9H2,1-6H3. The molecule has 0 saturated heterocycles. The third kappa shape index (κ3) is 4.79. The molecule has 1 aromatic rings. The van der Waals surface area contributed by atoms with Gasteiger partial charge in [0.25, 0.3) is 0 Å². The largest absolute Gasteiger partial charge is 0.374 e. The van der Waals surface area contributed by atoms with Crippen molar-refractivity contribution in [3.63, 3.8) is 0 Å². The minimum absolute atomic E-state index is 0.125. The number of aryl methyl sites for hydroxylation is 2. The van der Waals surface area contributed by atoms with Crippen LogP contribution in [0.5, 0.6) is 0 Å². The first-order valence-corrected chi connectivity index (χ1v) is 7.17. The Morgan fingerprint density at radius 3 is 2.47 bits per heavy atom. The molecule has 0 amide bonds. The van der Waals surface area contributed by atoms with Gasteiger partial charge in [0.2, 0.25) is 0 Å². The Bertz CT molecular complexity index is 410. The second-order valence-electron chi connectivity index (χ2n) is 5.80. The van der Waals surface area contributed by atoms with Gasteiger partial charge in [-0.25, -0.2) is 0 Å². The minimum Gasteiger partial charge on any atom is -0.374 e. The number of halogens is 1. The van der Waals surface area contributed by atoms with Gasteiger partial charge in [-0.3, -0.25) is 4.68 Å². The second-order valence-corrected chi connectivity index (χ2v) is 6.18. The van der Waals surface area contributed by atoms with Crippen LogP contribution in [-0.4, -0.2) is 35.1 Å². The Hall–Kier alpha value is -0.580. The predicted molar refractivity (Wildman–Crippen MR) is 79.9 cm³/mol. The highest BCUT2D eigenvalue weighted by Crippen LogP contribution is 2.22. The summed E-state index contributed by atoms with van der Waals surface area (Å²) in [5.41, 5.74) is 1.90. The molecule has 0 bridgehead atoms. The van der Waals surface area contributed by atoms with E-state index in [9.17, 15) is 0 Å². The van der Waals surface area contributed by atoms with E-state index in [-0.39, 0.29) is 11.6 Å². The van der Waals surface area contributed by atoms with Crippen LogP contribution in [-0.2, 0) is 24.6 Å². The summed E-state index contributed by atoms with van der Waals surface area (Å²) in [6, 6.07) is 0.233. The number of hydrogen-bond donors (Lipinski definition) is 1. The van der Waals surface area contributed by atoms with E-state index in [2.05, 4.69) is 38.1 Å². The lowest BCUT2D eigenvalue weighted by Crippen LogP contribution is -2.36. The zero-order chi connectivity index (χ0) is 14.6. The number of likely N-dealkylation sites (N-methyl/N-ethyl adjacent to an activating group) is 1. The molecule has 110 valence electrons. The highest BCUT2D eigenvalue weighted by molar-refractivity contribution is 6.31. The molecule has 5 heteroatoms. The Morgan fingerprint density at radius 1 is 1.42 bits per heavy atom. The van der Waals surface area contributed by atoms with E-state index < -0.39 is 0 Å². The third-order valence-electron chi connectivity index (χ3n) is 3.07. The van der Waals surface area contributed by atoms with Crippen LogP contribution >= 0.6 is 11.6 Å². The van der Waals surface area contributed by atoms with Gasteiger partial charge < -0.3 is 10.1 Å². The zero-order valence-corrected chi connectivity index (χ0v) is 13.6. The van der Waals surface area contributed by atoms with Crippen molar-refractivity contribution in [2.45, 2.75) is 52.2 Å². The maximum atomic E-state index is 6.37. The van der Waals surface area contributed by atoms with E-state index >= 15 is 0 Å². The average Bonchev–Trinajstić information content (AvgIpc) is 2.59.